The topological polar surface area (TPSA) is 78.9 Å². The minimum absolute atomic E-state index is 0.147. The van der Waals surface area contributed by atoms with Gasteiger partial charge in [-0.2, -0.15) is 0 Å². The number of rotatable bonds is 49. The van der Waals surface area contributed by atoms with Crippen LogP contribution < -0.4 is 0 Å². The third-order valence-electron chi connectivity index (χ3n) is 11.1. The average Bonchev–Trinajstić information content (AvgIpc) is 3.41. The molecule has 0 aromatic heterocycles. The molecular weight excluding hydrogens is 925 g/mol. The van der Waals surface area contributed by atoms with Crippen molar-refractivity contribution in [1.82, 2.24) is 0 Å². The maximum Gasteiger partial charge on any atom is 0.306 e. The Balaban J connectivity index is 4.67. The zero-order chi connectivity index (χ0) is 54.3. The first-order valence-corrected chi connectivity index (χ1v) is 28.9. The molecule has 0 fully saturated rings. The number of carbonyl (C=O) groups is 3. The van der Waals surface area contributed by atoms with Gasteiger partial charge in [-0.25, -0.2) is 0 Å². The van der Waals surface area contributed by atoms with Crippen LogP contribution in [0.25, 0.3) is 0 Å². The lowest BCUT2D eigenvalue weighted by molar-refractivity contribution is -0.166. The quantitative estimate of drug-likeness (QED) is 0.0261. The van der Waals surface area contributed by atoms with E-state index < -0.39 is 12.1 Å². The first-order chi connectivity index (χ1) is 37.0. The first kappa shape index (κ1) is 69.2. The van der Waals surface area contributed by atoms with Crippen LogP contribution in [-0.2, 0) is 28.6 Å². The summed E-state index contributed by atoms with van der Waals surface area (Å²) >= 11 is 0. The van der Waals surface area contributed by atoms with Crippen molar-refractivity contribution in [1.29, 1.82) is 0 Å². The molecule has 0 bridgehead atoms. The van der Waals surface area contributed by atoms with E-state index in [-0.39, 0.29) is 38.0 Å². The number of hydrogen-bond acceptors (Lipinski definition) is 6. The molecule has 0 saturated heterocycles. The molecule has 0 aromatic rings. The van der Waals surface area contributed by atoms with Crippen LogP contribution in [0.5, 0.6) is 0 Å². The van der Waals surface area contributed by atoms with Gasteiger partial charge in [0.1, 0.15) is 13.2 Å². The van der Waals surface area contributed by atoms with Crippen molar-refractivity contribution < 1.29 is 28.6 Å². The Morgan fingerprint density at radius 2 is 0.507 bits per heavy atom. The summed E-state index contributed by atoms with van der Waals surface area (Å²) < 4.78 is 16.7. The Hall–Kier alpha value is -5.75. The van der Waals surface area contributed by atoms with E-state index in [4.69, 9.17) is 14.2 Å². The predicted molar refractivity (Wildman–Crippen MR) is 324 cm³/mol. The van der Waals surface area contributed by atoms with Gasteiger partial charge in [-0.3, -0.25) is 14.4 Å². The zero-order valence-electron chi connectivity index (χ0n) is 47.2. The van der Waals surface area contributed by atoms with Crippen LogP contribution in [0, 0.1) is 0 Å². The molecule has 0 heterocycles. The van der Waals surface area contributed by atoms with E-state index in [1.54, 1.807) is 0 Å². The van der Waals surface area contributed by atoms with Crippen LogP contribution in [0.1, 0.15) is 201 Å². The third-order valence-corrected chi connectivity index (χ3v) is 11.1. The second kappa shape index (κ2) is 60.8. The van der Waals surface area contributed by atoms with E-state index in [1.807, 2.05) is 12.2 Å². The highest BCUT2D eigenvalue weighted by atomic mass is 16.6. The first-order valence-electron chi connectivity index (χ1n) is 28.9. The van der Waals surface area contributed by atoms with E-state index in [0.717, 1.165) is 148 Å². The molecule has 414 valence electrons. The number of allylic oxidation sites excluding steroid dienone is 32. The van der Waals surface area contributed by atoms with Gasteiger partial charge in [-0.1, -0.05) is 228 Å². The van der Waals surface area contributed by atoms with Gasteiger partial charge in [-0.15, -0.1) is 0 Å². The molecule has 0 radical (unpaired) electrons. The van der Waals surface area contributed by atoms with Crippen molar-refractivity contribution in [3.63, 3.8) is 0 Å². The second-order valence-electron chi connectivity index (χ2n) is 18.0. The van der Waals surface area contributed by atoms with Crippen LogP contribution in [-0.4, -0.2) is 37.2 Å². The van der Waals surface area contributed by atoms with Crippen molar-refractivity contribution in [2.45, 2.75) is 207 Å². The summed E-state index contributed by atoms with van der Waals surface area (Å²) in [5.41, 5.74) is 0. The SMILES string of the molecule is CC/C=C\C/C=C\C/C=C\C/C=C\C/C=C\C/C=C\CCCCC(=O)OCC(COC(=O)CCCCCC/C=C\C/C=C\C/C=C\C/C=C\CC)OC(=O)CC/C=C\C/C=C\C/C=C\C/C=C\C/C=C\C/C=C\CC. The van der Waals surface area contributed by atoms with E-state index in [0.29, 0.717) is 19.3 Å². The molecule has 0 spiro atoms. The van der Waals surface area contributed by atoms with Gasteiger partial charge in [0.25, 0.3) is 0 Å². The van der Waals surface area contributed by atoms with Gasteiger partial charge < -0.3 is 14.2 Å². The lowest BCUT2D eigenvalue weighted by Crippen LogP contribution is -2.30. The number of ether oxygens (including phenoxy) is 3. The molecule has 0 aliphatic carbocycles. The van der Waals surface area contributed by atoms with Gasteiger partial charge in [0, 0.05) is 19.3 Å². The maximum atomic E-state index is 12.8. The Morgan fingerprint density at radius 3 is 0.813 bits per heavy atom. The molecule has 0 N–H and O–H groups in total. The fourth-order valence-electron chi connectivity index (χ4n) is 6.87. The molecule has 75 heavy (non-hydrogen) atoms. The van der Waals surface area contributed by atoms with E-state index >= 15 is 0 Å². The van der Waals surface area contributed by atoms with Crippen molar-refractivity contribution in [3.05, 3.63) is 194 Å². The van der Waals surface area contributed by atoms with Crippen LogP contribution in [0.4, 0.5) is 0 Å². The van der Waals surface area contributed by atoms with Gasteiger partial charge in [0.2, 0.25) is 0 Å². The van der Waals surface area contributed by atoms with Crippen LogP contribution in [0.3, 0.4) is 0 Å². The monoisotopic (exact) mass is 1030 g/mol. The van der Waals surface area contributed by atoms with E-state index in [2.05, 4.69) is 203 Å². The minimum Gasteiger partial charge on any atom is -0.462 e. The standard InChI is InChI=1S/C69H102O6/c1-4-7-10-13-16-19-22-25-28-31-33-34-36-38-41-44-47-50-53-56-59-62-68(71)74-65-66(64-73-67(70)61-58-55-52-49-46-43-40-37-30-27-24-21-18-15-12-9-6-3)75-69(72)63-60-57-54-51-48-45-42-39-35-32-29-26-23-20-17-14-11-8-5-2/h7-12,16-21,25-30,33-35,38-41,43,45,47-48,50,54,57,66H,4-6,13-15,22-24,31-32,36-37,42,44,46,49,51-53,55-56,58-65H2,1-3H3/b10-7-,11-8-,12-9-,19-16-,20-17-,21-18-,28-25-,29-26-,30-27-,34-33-,39-35-,41-38-,43-40-,48-45-,50-47-,57-54-. The fraction of sp³-hybridized carbons (Fsp3) is 0.493. The van der Waals surface area contributed by atoms with Crippen molar-refractivity contribution in [2.24, 2.45) is 0 Å². The van der Waals surface area contributed by atoms with Gasteiger partial charge in [0.05, 0.1) is 0 Å². The summed E-state index contributed by atoms with van der Waals surface area (Å²) in [4.78, 5) is 38.2. The van der Waals surface area contributed by atoms with Crippen molar-refractivity contribution in [3.8, 4) is 0 Å². The highest BCUT2D eigenvalue weighted by Crippen LogP contribution is 2.10. The van der Waals surface area contributed by atoms with E-state index in [9.17, 15) is 14.4 Å². The summed E-state index contributed by atoms with van der Waals surface area (Å²) in [5, 5.41) is 0. The van der Waals surface area contributed by atoms with Gasteiger partial charge in [0.15, 0.2) is 6.10 Å². The summed E-state index contributed by atoms with van der Waals surface area (Å²) in [6.07, 6.45) is 92.9. The van der Waals surface area contributed by atoms with E-state index in [1.165, 1.54) is 0 Å². The summed E-state index contributed by atoms with van der Waals surface area (Å²) in [7, 11) is 0. The molecule has 0 amide bonds. The Morgan fingerprint density at radius 1 is 0.267 bits per heavy atom. The maximum absolute atomic E-state index is 12.8. The second-order valence-corrected chi connectivity index (χ2v) is 18.0. The molecule has 0 aliphatic heterocycles. The highest BCUT2D eigenvalue weighted by molar-refractivity contribution is 5.71. The molecule has 1 unspecified atom stereocenters. The Bertz CT molecular complexity index is 1850. The van der Waals surface area contributed by atoms with Gasteiger partial charge in [-0.05, 0) is 148 Å². The summed E-state index contributed by atoms with van der Waals surface area (Å²) in [6, 6.07) is 0. The largest absolute Gasteiger partial charge is 0.462 e. The molecule has 0 rings (SSSR count). The number of unbranched alkanes of at least 4 members (excludes halogenated alkanes) is 6. The summed E-state index contributed by atoms with van der Waals surface area (Å²) in [6.45, 7) is 6.15. The fourth-order valence-corrected chi connectivity index (χ4v) is 6.87. The average molecular weight is 1030 g/mol. The Kier molecular flexibility index (Phi) is 56.1. The number of hydrogen-bond donors (Lipinski definition) is 0. The lowest BCUT2D eigenvalue weighted by Gasteiger charge is -2.18. The number of carbonyl (C=O) groups excluding carboxylic acids is 3. The van der Waals surface area contributed by atoms with Crippen molar-refractivity contribution in [2.75, 3.05) is 13.2 Å². The summed E-state index contributed by atoms with van der Waals surface area (Å²) in [5.74, 6) is -1.11. The molecule has 0 aliphatic rings. The molecular formula is C69H102O6. The highest BCUT2D eigenvalue weighted by Gasteiger charge is 2.19. The minimum atomic E-state index is -0.861. The predicted octanol–water partition coefficient (Wildman–Crippen LogP) is 19.9. The van der Waals surface area contributed by atoms with Crippen LogP contribution in [0.2, 0.25) is 0 Å². The zero-order valence-corrected chi connectivity index (χ0v) is 47.2. The van der Waals surface area contributed by atoms with Crippen LogP contribution in [0.15, 0.2) is 194 Å². The van der Waals surface area contributed by atoms with Crippen molar-refractivity contribution >= 4 is 17.9 Å². The molecule has 1 atom stereocenters. The molecule has 0 saturated carbocycles. The van der Waals surface area contributed by atoms with Gasteiger partial charge >= 0.3 is 17.9 Å². The normalized spacial score (nSPS) is 13.6. The third kappa shape index (κ3) is 59.0. The van der Waals surface area contributed by atoms with Crippen LogP contribution >= 0.6 is 0 Å². The molecule has 0 aromatic carbocycles. The molecule has 6 nitrogen and oxygen atoms in total. The number of esters is 3. The smallest absolute Gasteiger partial charge is 0.306 e. The molecule has 6 heteroatoms. The Labute approximate surface area is 458 Å². The lowest BCUT2D eigenvalue weighted by atomic mass is 10.1.